The molecule has 0 bridgehead atoms. The van der Waals surface area contributed by atoms with Gasteiger partial charge in [-0.25, -0.2) is 0 Å². The van der Waals surface area contributed by atoms with Gasteiger partial charge >= 0.3 is 0 Å². The SMILES string of the molecule is CCC/C=C(/CCC)P(=O)(c1ccccc1)c1ccccc1. The Bertz CT molecular complexity index is 600. The molecule has 0 heterocycles. The third kappa shape index (κ3) is 3.59. The molecule has 0 spiro atoms. The maximum absolute atomic E-state index is 14.1. The van der Waals surface area contributed by atoms with E-state index in [2.05, 4.69) is 19.9 Å². The van der Waals surface area contributed by atoms with Gasteiger partial charge in [0, 0.05) is 10.6 Å². The maximum atomic E-state index is 14.1. The van der Waals surface area contributed by atoms with E-state index >= 15 is 0 Å². The second kappa shape index (κ2) is 8.15. The van der Waals surface area contributed by atoms with Crippen LogP contribution in [-0.4, -0.2) is 0 Å². The molecule has 0 amide bonds. The first kappa shape index (κ1) is 16.8. The van der Waals surface area contributed by atoms with Crippen LogP contribution in [-0.2, 0) is 4.57 Å². The number of allylic oxidation sites excluding steroid dienone is 2. The highest BCUT2D eigenvalue weighted by atomic mass is 31.2. The van der Waals surface area contributed by atoms with Crippen molar-refractivity contribution >= 4 is 17.8 Å². The van der Waals surface area contributed by atoms with Crippen LogP contribution in [0.2, 0.25) is 0 Å². The first-order valence-electron chi connectivity index (χ1n) is 8.14. The van der Waals surface area contributed by atoms with E-state index in [4.69, 9.17) is 0 Å². The number of benzene rings is 2. The lowest BCUT2D eigenvalue weighted by molar-refractivity contribution is 0.589. The Hall–Kier alpha value is -1.59. The van der Waals surface area contributed by atoms with Gasteiger partial charge < -0.3 is 4.57 Å². The van der Waals surface area contributed by atoms with E-state index < -0.39 is 7.14 Å². The third-order valence-electron chi connectivity index (χ3n) is 3.82. The molecule has 0 aliphatic carbocycles. The first-order valence-corrected chi connectivity index (χ1v) is 9.85. The van der Waals surface area contributed by atoms with Gasteiger partial charge in [0.25, 0.3) is 0 Å². The van der Waals surface area contributed by atoms with Gasteiger partial charge in [-0.3, -0.25) is 0 Å². The lowest BCUT2D eigenvalue weighted by Crippen LogP contribution is -2.17. The zero-order valence-electron chi connectivity index (χ0n) is 13.5. The Kier molecular flexibility index (Phi) is 6.21. The van der Waals surface area contributed by atoms with Crippen LogP contribution in [0, 0.1) is 0 Å². The van der Waals surface area contributed by atoms with Crippen molar-refractivity contribution in [3.63, 3.8) is 0 Å². The Balaban J connectivity index is 2.62. The molecular weight excluding hydrogens is 287 g/mol. The van der Waals surface area contributed by atoms with Crippen molar-refractivity contribution in [1.82, 2.24) is 0 Å². The summed E-state index contributed by atoms with van der Waals surface area (Å²) in [4.78, 5) is 0. The average molecular weight is 312 g/mol. The smallest absolute Gasteiger partial charge is 0.166 e. The van der Waals surface area contributed by atoms with Gasteiger partial charge in [-0.05, 0) is 18.2 Å². The van der Waals surface area contributed by atoms with E-state index in [1.807, 2.05) is 60.7 Å². The van der Waals surface area contributed by atoms with Crippen LogP contribution in [0.15, 0.2) is 72.1 Å². The van der Waals surface area contributed by atoms with E-state index in [-0.39, 0.29) is 0 Å². The molecule has 22 heavy (non-hydrogen) atoms. The van der Waals surface area contributed by atoms with Crippen molar-refractivity contribution in [1.29, 1.82) is 0 Å². The molecule has 0 aliphatic heterocycles. The van der Waals surface area contributed by atoms with Crippen LogP contribution in [0.25, 0.3) is 0 Å². The largest absolute Gasteiger partial charge is 0.309 e. The van der Waals surface area contributed by atoms with E-state index in [0.29, 0.717) is 0 Å². The molecule has 0 N–H and O–H groups in total. The predicted molar refractivity (Wildman–Crippen MR) is 97.7 cm³/mol. The van der Waals surface area contributed by atoms with Gasteiger partial charge in [-0.1, -0.05) is 93.4 Å². The van der Waals surface area contributed by atoms with Crippen LogP contribution in [0.1, 0.15) is 39.5 Å². The van der Waals surface area contributed by atoms with E-state index in [1.54, 1.807) is 0 Å². The van der Waals surface area contributed by atoms with Crippen molar-refractivity contribution in [3.05, 3.63) is 72.1 Å². The molecule has 2 aromatic rings. The molecule has 0 saturated heterocycles. The molecule has 0 radical (unpaired) electrons. The Labute approximate surface area is 134 Å². The number of hydrogen-bond donors (Lipinski definition) is 0. The van der Waals surface area contributed by atoms with Crippen molar-refractivity contribution in [2.75, 3.05) is 0 Å². The molecule has 0 atom stereocenters. The lowest BCUT2D eigenvalue weighted by Gasteiger charge is -2.23. The molecule has 2 heteroatoms. The first-order chi connectivity index (χ1) is 10.7. The molecule has 0 aliphatic rings. The molecule has 2 aromatic carbocycles. The minimum atomic E-state index is -2.72. The minimum Gasteiger partial charge on any atom is -0.309 e. The number of unbranched alkanes of at least 4 members (excludes halogenated alkanes) is 1. The Morgan fingerprint density at radius 2 is 1.36 bits per heavy atom. The topological polar surface area (TPSA) is 17.1 Å². The van der Waals surface area contributed by atoms with Gasteiger partial charge in [0.15, 0.2) is 7.14 Å². The van der Waals surface area contributed by atoms with Crippen LogP contribution in [0.5, 0.6) is 0 Å². The van der Waals surface area contributed by atoms with Gasteiger partial charge in [0.05, 0.1) is 0 Å². The standard InChI is InChI=1S/C20H25OP/c1-3-5-13-18(12-4-2)22(21,19-14-8-6-9-15-19)20-16-10-7-11-17-20/h6-11,13-17H,3-5,12H2,1-2H3/b18-13-. The van der Waals surface area contributed by atoms with E-state index in [1.165, 1.54) is 0 Å². The van der Waals surface area contributed by atoms with Crippen molar-refractivity contribution < 1.29 is 4.57 Å². The summed E-state index contributed by atoms with van der Waals surface area (Å²) in [5.74, 6) is 0. The summed E-state index contributed by atoms with van der Waals surface area (Å²) in [7, 11) is -2.72. The normalized spacial score (nSPS) is 12.4. The van der Waals surface area contributed by atoms with Gasteiger partial charge in [-0.2, -0.15) is 0 Å². The van der Waals surface area contributed by atoms with E-state index in [0.717, 1.165) is 41.6 Å². The molecule has 0 unspecified atom stereocenters. The lowest BCUT2D eigenvalue weighted by atomic mass is 10.2. The molecule has 0 aromatic heterocycles. The Morgan fingerprint density at radius 1 is 0.864 bits per heavy atom. The second-order valence-electron chi connectivity index (χ2n) is 5.51. The summed E-state index contributed by atoms with van der Waals surface area (Å²) >= 11 is 0. The predicted octanol–water partition coefficient (Wildman–Crippen LogP) is 5.48. The zero-order valence-corrected chi connectivity index (χ0v) is 14.4. The fraction of sp³-hybridized carbons (Fsp3) is 0.300. The average Bonchev–Trinajstić information content (AvgIpc) is 2.59. The highest BCUT2D eigenvalue weighted by Crippen LogP contribution is 2.53. The molecular formula is C20H25OP. The van der Waals surface area contributed by atoms with Crippen LogP contribution < -0.4 is 10.6 Å². The van der Waals surface area contributed by atoms with Gasteiger partial charge in [0.1, 0.15) is 0 Å². The minimum absolute atomic E-state index is 0.890. The van der Waals surface area contributed by atoms with Crippen molar-refractivity contribution in [2.45, 2.75) is 39.5 Å². The summed E-state index contributed by atoms with van der Waals surface area (Å²) in [6.07, 6.45) is 6.18. The fourth-order valence-corrected chi connectivity index (χ4v) is 5.78. The van der Waals surface area contributed by atoms with Crippen LogP contribution in [0.4, 0.5) is 0 Å². The third-order valence-corrected chi connectivity index (χ3v) is 7.08. The van der Waals surface area contributed by atoms with Gasteiger partial charge in [0.2, 0.25) is 0 Å². The van der Waals surface area contributed by atoms with Crippen LogP contribution >= 0.6 is 7.14 Å². The fourth-order valence-electron chi connectivity index (χ4n) is 2.71. The zero-order chi connectivity index (χ0) is 15.8. The Morgan fingerprint density at radius 3 is 1.77 bits per heavy atom. The quantitative estimate of drug-likeness (QED) is 0.618. The molecule has 0 saturated carbocycles. The van der Waals surface area contributed by atoms with Crippen molar-refractivity contribution in [3.8, 4) is 0 Å². The molecule has 0 fully saturated rings. The second-order valence-corrected chi connectivity index (χ2v) is 8.34. The molecule has 2 rings (SSSR count). The summed E-state index contributed by atoms with van der Waals surface area (Å²) in [5, 5.41) is 2.99. The number of hydrogen-bond acceptors (Lipinski definition) is 1. The summed E-state index contributed by atoms with van der Waals surface area (Å²) < 4.78 is 14.1. The molecule has 116 valence electrons. The number of rotatable bonds is 7. The summed E-state index contributed by atoms with van der Waals surface area (Å²) in [5.41, 5.74) is 0. The van der Waals surface area contributed by atoms with Crippen molar-refractivity contribution in [2.24, 2.45) is 0 Å². The summed E-state index contributed by atoms with van der Waals surface area (Å²) in [6, 6.07) is 19.9. The monoisotopic (exact) mass is 312 g/mol. The highest BCUT2D eigenvalue weighted by Gasteiger charge is 2.30. The summed E-state index contributed by atoms with van der Waals surface area (Å²) in [6.45, 7) is 4.32. The highest BCUT2D eigenvalue weighted by molar-refractivity contribution is 7.82. The molecule has 1 nitrogen and oxygen atoms in total. The van der Waals surface area contributed by atoms with Crippen LogP contribution in [0.3, 0.4) is 0 Å². The van der Waals surface area contributed by atoms with Gasteiger partial charge in [-0.15, -0.1) is 0 Å². The maximum Gasteiger partial charge on any atom is 0.166 e. The van der Waals surface area contributed by atoms with E-state index in [9.17, 15) is 4.57 Å².